The molecule has 2 rings (SSSR count). The number of hydrogen-bond donors (Lipinski definition) is 1. The first-order valence-electron chi connectivity index (χ1n) is 7.61. The lowest BCUT2D eigenvalue weighted by Crippen LogP contribution is -2.15. The molecule has 0 unspecified atom stereocenters. The van der Waals surface area contributed by atoms with E-state index in [9.17, 15) is 0 Å². The second-order valence-electron chi connectivity index (χ2n) is 5.41. The average Bonchev–Trinajstić information content (AvgIpc) is 2.78. The summed E-state index contributed by atoms with van der Waals surface area (Å²) in [6.45, 7) is 6.30. The number of unbranched alkanes of at least 4 members (excludes halogenated alkanes) is 2. The van der Waals surface area contributed by atoms with E-state index in [4.69, 9.17) is 6.42 Å². The predicted octanol–water partition coefficient (Wildman–Crippen LogP) is 3.99. The summed E-state index contributed by atoms with van der Waals surface area (Å²) < 4.78 is 2.31. The van der Waals surface area contributed by atoms with Crippen LogP contribution in [0.1, 0.15) is 36.2 Å². The quantitative estimate of drug-likeness (QED) is 0.599. The molecule has 0 saturated heterocycles. The fourth-order valence-corrected chi connectivity index (χ4v) is 2.68. The Labute approximate surface area is 128 Å². The van der Waals surface area contributed by atoms with Gasteiger partial charge in [0.1, 0.15) is 0 Å². The summed E-state index contributed by atoms with van der Waals surface area (Å²) >= 11 is 0. The molecule has 0 amide bonds. The van der Waals surface area contributed by atoms with E-state index in [-0.39, 0.29) is 0 Å². The summed E-state index contributed by atoms with van der Waals surface area (Å²) in [4.78, 5) is 0. The SMILES string of the molecule is C#CCCCCNCc1cc(C)n(-c2ccccc2)c1C. The van der Waals surface area contributed by atoms with Crippen molar-refractivity contribution >= 4 is 0 Å². The summed E-state index contributed by atoms with van der Waals surface area (Å²) in [7, 11) is 0. The van der Waals surface area contributed by atoms with Gasteiger partial charge >= 0.3 is 0 Å². The highest BCUT2D eigenvalue weighted by molar-refractivity contribution is 5.40. The normalized spacial score (nSPS) is 10.5. The molecular weight excluding hydrogens is 256 g/mol. The van der Waals surface area contributed by atoms with Gasteiger partial charge in [-0.05, 0) is 57.0 Å². The van der Waals surface area contributed by atoms with Crippen molar-refractivity contribution in [3.63, 3.8) is 0 Å². The van der Waals surface area contributed by atoms with Gasteiger partial charge in [-0.15, -0.1) is 12.3 Å². The molecule has 1 aromatic carbocycles. The number of benzene rings is 1. The molecule has 0 atom stereocenters. The fraction of sp³-hybridized carbons (Fsp3) is 0.368. The number of nitrogens with zero attached hydrogens (tertiary/aromatic N) is 1. The third kappa shape index (κ3) is 4.00. The van der Waals surface area contributed by atoms with Crippen molar-refractivity contribution < 1.29 is 0 Å². The average molecular weight is 280 g/mol. The summed E-state index contributed by atoms with van der Waals surface area (Å²) in [6, 6.07) is 12.8. The van der Waals surface area contributed by atoms with Gasteiger partial charge in [-0.25, -0.2) is 0 Å². The maximum atomic E-state index is 5.26. The highest BCUT2D eigenvalue weighted by Crippen LogP contribution is 2.20. The van der Waals surface area contributed by atoms with Crippen LogP contribution in [-0.4, -0.2) is 11.1 Å². The third-order valence-electron chi connectivity index (χ3n) is 3.79. The van der Waals surface area contributed by atoms with Gasteiger partial charge in [-0.2, -0.15) is 0 Å². The zero-order valence-electron chi connectivity index (χ0n) is 13.0. The van der Waals surface area contributed by atoms with Gasteiger partial charge in [0, 0.05) is 30.0 Å². The summed E-state index contributed by atoms with van der Waals surface area (Å²) in [6.07, 6.45) is 8.38. The number of para-hydroxylation sites is 1. The fourth-order valence-electron chi connectivity index (χ4n) is 2.68. The Balaban J connectivity index is 1.98. The molecule has 0 saturated carbocycles. The van der Waals surface area contributed by atoms with Crippen molar-refractivity contribution in [1.29, 1.82) is 0 Å². The maximum absolute atomic E-state index is 5.26. The van der Waals surface area contributed by atoms with Crippen LogP contribution in [0.5, 0.6) is 0 Å². The first kappa shape index (κ1) is 15.4. The Morgan fingerprint density at radius 3 is 2.62 bits per heavy atom. The molecule has 0 aliphatic carbocycles. The minimum Gasteiger partial charge on any atom is -0.318 e. The number of rotatable bonds is 7. The van der Waals surface area contributed by atoms with Crippen LogP contribution in [0.2, 0.25) is 0 Å². The summed E-state index contributed by atoms with van der Waals surface area (Å²) in [5, 5.41) is 3.51. The molecular formula is C19H24N2. The summed E-state index contributed by atoms with van der Waals surface area (Å²) in [5.41, 5.74) is 5.19. The van der Waals surface area contributed by atoms with Gasteiger partial charge in [0.25, 0.3) is 0 Å². The van der Waals surface area contributed by atoms with Crippen molar-refractivity contribution in [1.82, 2.24) is 9.88 Å². The molecule has 1 N–H and O–H groups in total. The van der Waals surface area contributed by atoms with Crippen LogP contribution >= 0.6 is 0 Å². The van der Waals surface area contributed by atoms with Gasteiger partial charge < -0.3 is 9.88 Å². The lowest BCUT2D eigenvalue weighted by Gasteiger charge is -2.10. The molecule has 0 fully saturated rings. The third-order valence-corrected chi connectivity index (χ3v) is 3.79. The summed E-state index contributed by atoms with van der Waals surface area (Å²) in [5.74, 6) is 2.68. The Bertz CT molecular complexity index is 602. The van der Waals surface area contributed by atoms with E-state index in [0.29, 0.717) is 0 Å². The number of nitrogens with one attached hydrogen (secondary N) is 1. The molecule has 2 nitrogen and oxygen atoms in total. The highest BCUT2D eigenvalue weighted by atomic mass is 15.0. The molecule has 2 heteroatoms. The largest absolute Gasteiger partial charge is 0.318 e. The molecule has 0 radical (unpaired) electrons. The van der Waals surface area contributed by atoms with Gasteiger partial charge in [-0.1, -0.05) is 18.2 Å². The topological polar surface area (TPSA) is 17.0 Å². The number of terminal acetylenes is 1. The van der Waals surface area contributed by atoms with Crippen LogP contribution in [0.3, 0.4) is 0 Å². The lowest BCUT2D eigenvalue weighted by atomic mass is 10.2. The van der Waals surface area contributed by atoms with Crippen LogP contribution in [0.15, 0.2) is 36.4 Å². The highest BCUT2D eigenvalue weighted by Gasteiger charge is 2.09. The maximum Gasteiger partial charge on any atom is 0.0455 e. The number of hydrogen-bond acceptors (Lipinski definition) is 1. The van der Waals surface area contributed by atoms with E-state index in [2.05, 4.69) is 66.0 Å². The van der Waals surface area contributed by atoms with Crippen LogP contribution < -0.4 is 5.32 Å². The monoisotopic (exact) mass is 280 g/mol. The molecule has 1 aromatic heterocycles. The standard InChI is InChI=1S/C19H24N2/c1-4-5-6-10-13-20-15-18-14-16(2)21(17(18)3)19-11-8-7-9-12-19/h1,7-9,11-12,14,20H,5-6,10,13,15H2,2-3H3. The second kappa shape index (κ2) is 7.71. The first-order chi connectivity index (χ1) is 10.2. The number of aryl methyl sites for hydroxylation is 1. The van der Waals surface area contributed by atoms with Crippen molar-refractivity contribution in [3.05, 3.63) is 53.3 Å². The van der Waals surface area contributed by atoms with Gasteiger partial charge in [0.15, 0.2) is 0 Å². The molecule has 0 aliphatic heterocycles. The first-order valence-corrected chi connectivity index (χ1v) is 7.61. The second-order valence-corrected chi connectivity index (χ2v) is 5.41. The Kier molecular flexibility index (Phi) is 5.66. The van der Waals surface area contributed by atoms with Crippen molar-refractivity contribution in [2.75, 3.05) is 6.54 Å². The zero-order chi connectivity index (χ0) is 15.1. The number of aromatic nitrogens is 1. The van der Waals surface area contributed by atoms with Crippen LogP contribution in [0.4, 0.5) is 0 Å². The van der Waals surface area contributed by atoms with E-state index < -0.39 is 0 Å². The van der Waals surface area contributed by atoms with Gasteiger partial charge in [0.05, 0.1) is 0 Å². The van der Waals surface area contributed by atoms with Gasteiger partial charge in [0.2, 0.25) is 0 Å². The van der Waals surface area contributed by atoms with Gasteiger partial charge in [-0.3, -0.25) is 0 Å². The zero-order valence-corrected chi connectivity index (χ0v) is 13.0. The van der Waals surface area contributed by atoms with E-state index >= 15 is 0 Å². The molecule has 2 aromatic rings. The van der Waals surface area contributed by atoms with Crippen molar-refractivity contribution in [2.45, 2.75) is 39.7 Å². The molecule has 110 valence electrons. The molecule has 0 spiro atoms. The smallest absolute Gasteiger partial charge is 0.0455 e. The Morgan fingerprint density at radius 1 is 1.14 bits per heavy atom. The van der Waals surface area contributed by atoms with Crippen LogP contribution in [-0.2, 0) is 6.54 Å². The minimum absolute atomic E-state index is 0.879. The van der Waals surface area contributed by atoms with Crippen molar-refractivity contribution in [2.24, 2.45) is 0 Å². The molecule has 21 heavy (non-hydrogen) atoms. The Hall–Kier alpha value is -1.98. The molecule has 0 aliphatic rings. The molecule has 1 heterocycles. The van der Waals surface area contributed by atoms with Crippen LogP contribution in [0.25, 0.3) is 5.69 Å². The van der Waals surface area contributed by atoms with E-state index in [0.717, 1.165) is 32.4 Å². The lowest BCUT2D eigenvalue weighted by molar-refractivity contribution is 0.628. The Morgan fingerprint density at radius 2 is 1.90 bits per heavy atom. The van der Waals surface area contributed by atoms with Crippen molar-refractivity contribution in [3.8, 4) is 18.0 Å². The van der Waals surface area contributed by atoms with Crippen LogP contribution in [0, 0.1) is 26.2 Å². The molecule has 0 bridgehead atoms. The predicted molar refractivity (Wildman–Crippen MR) is 89.6 cm³/mol. The van der Waals surface area contributed by atoms with E-state index in [1.54, 1.807) is 0 Å². The van der Waals surface area contributed by atoms with E-state index in [1.165, 1.54) is 22.6 Å². The van der Waals surface area contributed by atoms with E-state index in [1.807, 2.05) is 0 Å². The minimum atomic E-state index is 0.879.